The lowest BCUT2D eigenvalue weighted by molar-refractivity contribution is 0.304. The first kappa shape index (κ1) is 13.2. The fourth-order valence-corrected chi connectivity index (χ4v) is 1.50. The summed E-state index contributed by atoms with van der Waals surface area (Å²) >= 11 is 0. The second kappa shape index (κ2) is 6.66. The Balaban J connectivity index is 3.12. The molecule has 0 heterocycles. The molecule has 0 bridgehead atoms. The number of benzene rings is 1. The molecule has 0 amide bonds. The number of nitrogens with one attached hydrogen (secondary N) is 1. The minimum Gasteiger partial charge on any atom is -0.493 e. The van der Waals surface area contributed by atoms with Crippen LogP contribution in [0.2, 0.25) is 0 Å². The van der Waals surface area contributed by atoms with Crippen molar-refractivity contribution in [2.75, 3.05) is 27.9 Å². The van der Waals surface area contributed by atoms with Gasteiger partial charge in [0.1, 0.15) is 6.61 Å². The molecule has 0 spiro atoms. The Morgan fingerprint density at radius 2 is 1.82 bits per heavy atom. The summed E-state index contributed by atoms with van der Waals surface area (Å²) in [6.45, 7) is 0.903. The molecule has 1 rings (SSSR count). The normalized spacial score (nSPS) is 9.53. The van der Waals surface area contributed by atoms with E-state index in [9.17, 15) is 0 Å². The van der Waals surface area contributed by atoms with Crippen LogP contribution in [0.5, 0.6) is 17.2 Å². The van der Waals surface area contributed by atoms with Gasteiger partial charge < -0.3 is 19.5 Å². The van der Waals surface area contributed by atoms with Gasteiger partial charge in [-0.05, 0) is 24.7 Å². The third-order valence-corrected chi connectivity index (χ3v) is 2.20. The summed E-state index contributed by atoms with van der Waals surface area (Å²) in [6, 6.07) is 3.79. The van der Waals surface area contributed by atoms with Crippen LogP contribution in [0.1, 0.15) is 5.56 Å². The Hall–Kier alpha value is -1.86. The van der Waals surface area contributed by atoms with Crippen LogP contribution >= 0.6 is 0 Å². The van der Waals surface area contributed by atoms with E-state index in [4.69, 9.17) is 20.6 Å². The van der Waals surface area contributed by atoms with Gasteiger partial charge in [0.25, 0.3) is 0 Å². The van der Waals surface area contributed by atoms with E-state index in [1.807, 2.05) is 19.2 Å². The van der Waals surface area contributed by atoms with Gasteiger partial charge in [0.2, 0.25) is 5.75 Å². The van der Waals surface area contributed by atoms with Gasteiger partial charge in [-0.25, -0.2) is 0 Å². The lowest BCUT2D eigenvalue weighted by Gasteiger charge is -2.14. The molecule has 0 aromatic heterocycles. The van der Waals surface area contributed by atoms with E-state index in [0.717, 1.165) is 12.1 Å². The highest BCUT2D eigenvalue weighted by Crippen LogP contribution is 2.38. The van der Waals surface area contributed by atoms with Crippen LogP contribution in [0.25, 0.3) is 0 Å². The van der Waals surface area contributed by atoms with Gasteiger partial charge >= 0.3 is 0 Å². The molecule has 4 nitrogen and oxygen atoms in total. The van der Waals surface area contributed by atoms with E-state index < -0.39 is 0 Å². The highest BCUT2D eigenvalue weighted by molar-refractivity contribution is 5.54. The van der Waals surface area contributed by atoms with Gasteiger partial charge in [0.05, 0.1) is 14.2 Å². The summed E-state index contributed by atoms with van der Waals surface area (Å²) in [5.41, 5.74) is 1.05. The molecular formula is C13H17NO3. The van der Waals surface area contributed by atoms with Crippen LogP contribution in [0.3, 0.4) is 0 Å². The summed E-state index contributed by atoms with van der Waals surface area (Å²) < 4.78 is 16.0. The van der Waals surface area contributed by atoms with Crippen molar-refractivity contribution in [3.8, 4) is 29.6 Å². The van der Waals surface area contributed by atoms with Crippen molar-refractivity contribution in [3.05, 3.63) is 17.7 Å². The summed E-state index contributed by atoms with van der Waals surface area (Å²) in [7, 11) is 5.04. The average Bonchev–Trinajstić information content (AvgIpc) is 2.36. The van der Waals surface area contributed by atoms with Gasteiger partial charge in [0.15, 0.2) is 11.5 Å². The van der Waals surface area contributed by atoms with E-state index >= 15 is 0 Å². The third kappa shape index (κ3) is 3.30. The zero-order valence-electron chi connectivity index (χ0n) is 10.4. The maximum absolute atomic E-state index is 5.43. The maximum Gasteiger partial charge on any atom is 0.204 e. The average molecular weight is 235 g/mol. The third-order valence-electron chi connectivity index (χ3n) is 2.20. The fraction of sp³-hybridized carbons (Fsp3) is 0.385. The monoisotopic (exact) mass is 235 g/mol. The molecule has 0 saturated heterocycles. The summed E-state index contributed by atoms with van der Waals surface area (Å²) in [4.78, 5) is 0. The first-order valence-corrected chi connectivity index (χ1v) is 5.22. The Morgan fingerprint density at radius 1 is 1.24 bits per heavy atom. The molecule has 1 N–H and O–H groups in total. The van der Waals surface area contributed by atoms with Crippen LogP contribution in [0.4, 0.5) is 0 Å². The highest BCUT2D eigenvalue weighted by Gasteiger charge is 2.13. The van der Waals surface area contributed by atoms with E-state index in [-0.39, 0.29) is 6.61 Å². The molecule has 0 aliphatic carbocycles. The largest absolute Gasteiger partial charge is 0.493 e. The van der Waals surface area contributed by atoms with Crippen LogP contribution in [-0.2, 0) is 6.54 Å². The second-order valence-electron chi connectivity index (χ2n) is 3.35. The van der Waals surface area contributed by atoms with Crippen molar-refractivity contribution < 1.29 is 14.2 Å². The molecule has 0 saturated carbocycles. The van der Waals surface area contributed by atoms with Gasteiger partial charge in [0, 0.05) is 6.54 Å². The van der Waals surface area contributed by atoms with Crippen LogP contribution in [-0.4, -0.2) is 27.9 Å². The molecule has 1 aromatic carbocycles. The van der Waals surface area contributed by atoms with Crippen molar-refractivity contribution in [1.82, 2.24) is 5.32 Å². The number of methoxy groups -OCH3 is 2. The molecule has 0 radical (unpaired) electrons. The van der Waals surface area contributed by atoms with Crippen molar-refractivity contribution >= 4 is 0 Å². The van der Waals surface area contributed by atoms with E-state index in [1.165, 1.54) is 0 Å². The van der Waals surface area contributed by atoms with Crippen molar-refractivity contribution in [1.29, 1.82) is 0 Å². The number of terminal acetylenes is 1. The quantitative estimate of drug-likeness (QED) is 0.757. The van der Waals surface area contributed by atoms with Gasteiger partial charge in [-0.3, -0.25) is 0 Å². The summed E-state index contributed by atoms with van der Waals surface area (Å²) in [5, 5.41) is 3.06. The second-order valence-corrected chi connectivity index (χ2v) is 3.35. The molecule has 0 aliphatic heterocycles. The van der Waals surface area contributed by atoms with Crippen LogP contribution in [0, 0.1) is 12.3 Å². The lowest BCUT2D eigenvalue weighted by atomic mass is 10.2. The van der Waals surface area contributed by atoms with Crippen molar-refractivity contribution in [2.24, 2.45) is 0 Å². The predicted molar refractivity (Wildman–Crippen MR) is 66.6 cm³/mol. The Kier molecular flexibility index (Phi) is 5.18. The molecule has 0 atom stereocenters. The smallest absolute Gasteiger partial charge is 0.204 e. The van der Waals surface area contributed by atoms with Gasteiger partial charge in [-0.2, -0.15) is 0 Å². The molecule has 92 valence electrons. The van der Waals surface area contributed by atoms with E-state index in [2.05, 4.69) is 11.2 Å². The predicted octanol–water partition coefficient (Wildman–Crippen LogP) is 1.44. The Morgan fingerprint density at radius 3 is 2.24 bits per heavy atom. The zero-order valence-corrected chi connectivity index (χ0v) is 10.4. The number of rotatable bonds is 6. The molecule has 4 heteroatoms. The highest BCUT2D eigenvalue weighted by atomic mass is 16.5. The molecule has 1 aromatic rings. The van der Waals surface area contributed by atoms with E-state index in [0.29, 0.717) is 17.2 Å². The summed E-state index contributed by atoms with van der Waals surface area (Å²) in [5.74, 6) is 4.18. The first-order chi connectivity index (χ1) is 8.26. The number of hydrogen-bond acceptors (Lipinski definition) is 4. The van der Waals surface area contributed by atoms with Crippen molar-refractivity contribution in [3.63, 3.8) is 0 Å². The molecular weight excluding hydrogens is 218 g/mol. The van der Waals surface area contributed by atoms with Crippen LogP contribution < -0.4 is 19.5 Å². The minimum absolute atomic E-state index is 0.179. The van der Waals surface area contributed by atoms with Gasteiger partial charge in [-0.1, -0.05) is 5.92 Å². The number of ether oxygens (including phenoxy) is 3. The molecule has 0 aliphatic rings. The topological polar surface area (TPSA) is 39.7 Å². The zero-order chi connectivity index (χ0) is 12.7. The van der Waals surface area contributed by atoms with Crippen LogP contribution in [0.15, 0.2) is 12.1 Å². The first-order valence-electron chi connectivity index (χ1n) is 5.22. The summed E-state index contributed by atoms with van der Waals surface area (Å²) in [6.07, 6.45) is 5.17. The van der Waals surface area contributed by atoms with Gasteiger partial charge in [-0.15, -0.1) is 6.42 Å². The maximum atomic E-state index is 5.43. The molecule has 17 heavy (non-hydrogen) atoms. The SMILES string of the molecule is C#CCOc1c(OC)cc(CNC)cc1OC. The standard InChI is InChI=1S/C13H17NO3/c1-5-6-17-13-11(15-3)7-10(9-14-2)8-12(13)16-4/h1,7-8,14H,6,9H2,2-4H3. The molecule has 0 unspecified atom stereocenters. The molecule has 0 fully saturated rings. The lowest BCUT2D eigenvalue weighted by Crippen LogP contribution is -2.07. The minimum atomic E-state index is 0.179. The number of hydrogen-bond donors (Lipinski definition) is 1. The van der Waals surface area contributed by atoms with E-state index in [1.54, 1.807) is 14.2 Å². The fourth-order valence-electron chi connectivity index (χ4n) is 1.50. The van der Waals surface area contributed by atoms with Crippen molar-refractivity contribution in [2.45, 2.75) is 6.54 Å². The Labute approximate surface area is 102 Å². The Bertz CT molecular complexity index is 385.